The predicted octanol–water partition coefficient (Wildman–Crippen LogP) is 3.37. The highest BCUT2D eigenvalue weighted by Gasteiger charge is 2.14. The monoisotopic (exact) mass is 399 g/mol. The molecule has 5 nitrogen and oxygen atoms in total. The fourth-order valence-corrected chi connectivity index (χ4v) is 3.60. The van der Waals surface area contributed by atoms with Crippen molar-refractivity contribution in [1.29, 1.82) is 0 Å². The topological polar surface area (TPSA) is 61.4 Å². The number of carbonyl (C=O) groups excluding carboxylic acids is 2. The van der Waals surface area contributed by atoms with Crippen molar-refractivity contribution in [2.24, 2.45) is 0 Å². The smallest absolute Gasteiger partial charge is 0.252 e. The molecule has 3 rings (SSSR count). The zero-order valence-corrected chi connectivity index (χ0v) is 16.7. The lowest BCUT2D eigenvalue weighted by Crippen LogP contribution is -2.31. The number of amides is 2. The first-order valence-corrected chi connectivity index (χ1v) is 10.1. The van der Waals surface area contributed by atoms with Gasteiger partial charge < -0.3 is 10.6 Å². The van der Waals surface area contributed by atoms with Crippen LogP contribution in [0, 0.1) is 0 Å². The van der Waals surface area contributed by atoms with Gasteiger partial charge in [0, 0.05) is 26.1 Å². The maximum atomic E-state index is 12.2. The second-order valence-corrected chi connectivity index (χ2v) is 7.42. The molecule has 2 amide bonds. The number of nitrogens with one attached hydrogen (secondary N) is 2. The fourth-order valence-electron chi connectivity index (χ4n) is 3.38. The molecule has 1 heterocycles. The lowest BCUT2D eigenvalue weighted by molar-refractivity contribution is -0.121. The van der Waals surface area contributed by atoms with E-state index in [1.165, 1.54) is 18.4 Å². The van der Waals surface area contributed by atoms with E-state index in [-0.39, 0.29) is 24.8 Å². The molecule has 1 aliphatic rings. The van der Waals surface area contributed by atoms with E-state index in [0.717, 1.165) is 25.2 Å². The van der Waals surface area contributed by atoms with Gasteiger partial charge in [-0.1, -0.05) is 48.0 Å². The quantitative estimate of drug-likeness (QED) is 0.715. The van der Waals surface area contributed by atoms with Gasteiger partial charge in [-0.15, -0.1) is 0 Å². The van der Waals surface area contributed by atoms with E-state index in [1.54, 1.807) is 24.3 Å². The number of hydrogen-bond acceptors (Lipinski definition) is 3. The van der Waals surface area contributed by atoms with Crippen molar-refractivity contribution < 1.29 is 9.59 Å². The third-order valence-corrected chi connectivity index (χ3v) is 5.27. The van der Waals surface area contributed by atoms with E-state index in [2.05, 4.69) is 27.7 Å². The van der Waals surface area contributed by atoms with E-state index in [1.807, 2.05) is 12.1 Å². The molecule has 0 bridgehead atoms. The maximum absolute atomic E-state index is 12.2. The van der Waals surface area contributed by atoms with Gasteiger partial charge in [0.1, 0.15) is 0 Å². The number of likely N-dealkylation sites (tertiary alicyclic amines) is 1. The van der Waals surface area contributed by atoms with Crippen LogP contribution < -0.4 is 10.6 Å². The molecule has 1 saturated heterocycles. The number of halogens is 1. The van der Waals surface area contributed by atoms with E-state index >= 15 is 0 Å². The minimum Gasteiger partial charge on any atom is -0.352 e. The van der Waals surface area contributed by atoms with Gasteiger partial charge in [-0.05, 0) is 49.2 Å². The average Bonchev–Trinajstić information content (AvgIpc) is 3.20. The predicted molar refractivity (Wildman–Crippen MR) is 111 cm³/mol. The first-order chi connectivity index (χ1) is 13.6. The van der Waals surface area contributed by atoms with Gasteiger partial charge in [-0.25, -0.2) is 0 Å². The van der Waals surface area contributed by atoms with Crippen LogP contribution in [-0.4, -0.2) is 36.3 Å². The lowest BCUT2D eigenvalue weighted by atomic mass is 10.1. The summed E-state index contributed by atoms with van der Waals surface area (Å²) in [7, 11) is 0. The summed E-state index contributed by atoms with van der Waals surface area (Å²) in [6, 6.07) is 15.1. The molecular weight excluding hydrogens is 374 g/mol. The fraction of sp³-hybridized carbons (Fsp3) is 0.364. The van der Waals surface area contributed by atoms with Gasteiger partial charge in [0.2, 0.25) is 5.91 Å². The molecule has 2 aromatic carbocycles. The van der Waals surface area contributed by atoms with Crippen LogP contribution in [0.4, 0.5) is 0 Å². The maximum Gasteiger partial charge on any atom is 0.252 e. The van der Waals surface area contributed by atoms with Crippen molar-refractivity contribution in [1.82, 2.24) is 15.5 Å². The lowest BCUT2D eigenvalue weighted by Gasteiger charge is -2.17. The summed E-state index contributed by atoms with van der Waals surface area (Å²) >= 11 is 6.01. The van der Waals surface area contributed by atoms with Crippen LogP contribution >= 0.6 is 11.6 Å². The molecule has 0 atom stereocenters. The first kappa shape index (κ1) is 20.4. The zero-order valence-electron chi connectivity index (χ0n) is 15.9. The van der Waals surface area contributed by atoms with Crippen LogP contribution in [0.15, 0.2) is 48.5 Å². The Labute approximate surface area is 171 Å². The second kappa shape index (κ2) is 10.2. The minimum absolute atomic E-state index is 0.0876. The average molecular weight is 400 g/mol. The number of benzene rings is 2. The number of nitrogens with zero attached hydrogens (tertiary/aromatic N) is 1. The van der Waals surface area contributed by atoms with Crippen LogP contribution in [0.5, 0.6) is 0 Å². The zero-order chi connectivity index (χ0) is 19.8. The molecule has 0 unspecified atom stereocenters. The Morgan fingerprint density at radius 3 is 2.36 bits per heavy atom. The van der Waals surface area contributed by atoms with Crippen molar-refractivity contribution in [3.05, 3.63) is 70.2 Å². The van der Waals surface area contributed by atoms with Crippen LogP contribution in [0.2, 0.25) is 5.02 Å². The van der Waals surface area contributed by atoms with Crippen molar-refractivity contribution in [2.45, 2.75) is 32.4 Å². The molecule has 2 N–H and O–H groups in total. The third-order valence-electron chi connectivity index (χ3n) is 4.94. The normalized spacial score (nSPS) is 14.0. The SMILES string of the molecule is O=C(CCNC(=O)c1ccccc1Cl)NCc1ccccc1CN1CCCC1. The van der Waals surface area contributed by atoms with Gasteiger partial charge in [-0.3, -0.25) is 14.5 Å². The Morgan fingerprint density at radius 2 is 1.61 bits per heavy atom. The highest BCUT2D eigenvalue weighted by Crippen LogP contribution is 2.16. The molecule has 1 aliphatic heterocycles. The summed E-state index contributed by atoms with van der Waals surface area (Å²) < 4.78 is 0. The second-order valence-electron chi connectivity index (χ2n) is 7.01. The van der Waals surface area contributed by atoms with E-state index in [9.17, 15) is 9.59 Å². The minimum atomic E-state index is -0.269. The first-order valence-electron chi connectivity index (χ1n) is 9.72. The van der Waals surface area contributed by atoms with E-state index in [0.29, 0.717) is 17.1 Å². The van der Waals surface area contributed by atoms with Crippen molar-refractivity contribution >= 4 is 23.4 Å². The molecule has 0 radical (unpaired) electrons. The molecule has 0 aliphatic carbocycles. The molecule has 0 spiro atoms. The summed E-state index contributed by atoms with van der Waals surface area (Å²) in [6.45, 7) is 3.99. The Kier molecular flexibility index (Phi) is 7.46. The third kappa shape index (κ3) is 5.81. The molecule has 28 heavy (non-hydrogen) atoms. The van der Waals surface area contributed by atoms with Gasteiger partial charge in [0.25, 0.3) is 5.91 Å². The molecular formula is C22H26ClN3O2. The largest absolute Gasteiger partial charge is 0.352 e. The molecule has 2 aromatic rings. The summed E-state index contributed by atoms with van der Waals surface area (Å²) in [5.74, 6) is -0.357. The van der Waals surface area contributed by atoms with Crippen LogP contribution in [0.3, 0.4) is 0 Å². The standard InChI is InChI=1S/C22H26ClN3O2/c23-20-10-4-3-9-19(20)22(28)24-12-11-21(27)25-15-17-7-1-2-8-18(17)16-26-13-5-6-14-26/h1-4,7-10H,5-6,11-16H2,(H,24,28)(H,25,27). The Bertz CT molecular complexity index is 819. The highest BCUT2D eigenvalue weighted by atomic mass is 35.5. The molecule has 148 valence electrons. The van der Waals surface area contributed by atoms with E-state index < -0.39 is 0 Å². The van der Waals surface area contributed by atoms with Crippen LogP contribution in [0.25, 0.3) is 0 Å². The summed E-state index contributed by atoms with van der Waals surface area (Å²) in [6.07, 6.45) is 2.75. The van der Waals surface area contributed by atoms with Crippen molar-refractivity contribution in [3.63, 3.8) is 0 Å². The number of carbonyl (C=O) groups is 2. The Balaban J connectivity index is 1.43. The molecule has 0 saturated carbocycles. The van der Waals surface area contributed by atoms with Crippen molar-refractivity contribution in [2.75, 3.05) is 19.6 Å². The summed E-state index contributed by atoms with van der Waals surface area (Å²) in [4.78, 5) is 26.7. The summed E-state index contributed by atoms with van der Waals surface area (Å²) in [5.41, 5.74) is 2.82. The van der Waals surface area contributed by atoms with E-state index in [4.69, 9.17) is 11.6 Å². The van der Waals surface area contributed by atoms with Crippen molar-refractivity contribution in [3.8, 4) is 0 Å². The van der Waals surface area contributed by atoms with Gasteiger partial charge in [-0.2, -0.15) is 0 Å². The van der Waals surface area contributed by atoms with Crippen LogP contribution in [-0.2, 0) is 17.9 Å². The van der Waals surface area contributed by atoms with Gasteiger partial charge in [0.15, 0.2) is 0 Å². The molecule has 0 aromatic heterocycles. The number of rotatable bonds is 8. The summed E-state index contributed by atoms with van der Waals surface area (Å²) in [5, 5.41) is 6.09. The molecule has 6 heteroatoms. The number of hydrogen-bond donors (Lipinski definition) is 2. The van der Waals surface area contributed by atoms with Gasteiger partial charge in [0.05, 0.1) is 10.6 Å². The Morgan fingerprint density at radius 1 is 0.929 bits per heavy atom. The van der Waals surface area contributed by atoms with Crippen LogP contribution in [0.1, 0.15) is 40.7 Å². The van der Waals surface area contributed by atoms with Gasteiger partial charge >= 0.3 is 0 Å². The Hall–Kier alpha value is -2.37. The molecule has 1 fully saturated rings. The highest BCUT2D eigenvalue weighted by molar-refractivity contribution is 6.33.